The summed E-state index contributed by atoms with van der Waals surface area (Å²) in [5.74, 6) is 0.155. The quantitative estimate of drug-likeness (QED) is 0.686. The average Bonchev–Trinajstić information content (AvgIpc) is 2.46. The molecule has 0 aliphatic rings. The highest BCUT2D eigenvalue weighted by molar-refractivity contribution is 7.89. The van der Waals surface area contributed by atoms with Crippen molar-refractivity contribution in [2.75, 3.05) is 13.1 Å². The maximum Gasteiger partial charge on any atom is 0.243 e. The molecule has 0 unspecified atom stereocenters. The number of nitrogens with zero attached hydrogens (tertiary/aromatic N) is 1. The monoisotopic (exact) mass is 326 g/mol. The van der Waals surface area contributed by atoms with Gasteiger partial charge in [-0.05, 0) is 18.1 Å². The first-order valence-electron chi connectivity index (χ1n) is 6.98. The van der Waals surface area contributed by atoms with Crippen molar-refractivity contribution < 1.29 is 13.5 Å². The smallest absolute Gasteiger partial charge is 0.243 e. The van der Waals surface area contributed by atoms with Crippen LogP contribution in [-0.4, -0.2) is 59.4 Å². The topological polar surface area (TPSA) is 83.6 Å². The summed E-state index contributed by atoms with van der Waals surface area (Å²) < 4.78 is 26.7. The lowest BCUT2D eigenvalue weighted by Gasteiger charge is -2.28. The first kappa shape index (κ1) is 18.6. The van der Waals surface area contributed by atoms with Crippen molar-refractivity contribution >= 4 is 26.3 Å². The molecule has 0 saturated carbocycles. The zero-order valence-corrected chi connectivity index (χ0v) is 14.5. The molecule has 3 N–H and O–H groups in total. The van der Waals surface area contributed by atoms with Gasteiger partial charge >= 0.3 is 0 Å². The van der Waals surface area contributed by atoms with Crippen molar-refractivity contribution in [3.8, 4) is 0 Å². The highest BCUT2D eigenvalue weighted by atomic mass is 32.2. The first-order valence-corrected chi connectivity index (χ1v) is 9.23. The second kappa shape index (κ2) is 8.28. The summed E-state index contributed by atoms with van der Waals surface area (Å²) in [5, 5.41) is 10.6. The largest absolute Gasteiger partial charge is 0.390 e. The zero-order chi connectivity index (χ0) is 16.0. The molecule has 1 aromatic rings. The molecule has 0 aliphatic heterocycles. The van der Waals surface area contributed by atoms with E-state index in [1.807, 2.05) is 13.8 Å². The van der Waals surface area contributed by atoms with Gasteiger partial charge in [0.05, 0.1) is 11.0 Å². The summed E-state index contributed by atoms with van der Waals surface area (Å²) in [6.45, 7) is 4.23. The molecule has 0 saturated heterocycles. The van der Waals surface area contributed by atoms with E-state index in [2.05, 4.69) is 16.3 Å². The van der Waals surface area contributed by atoms with Crippen molar-refractivity contribution in [3.05, 3.63) is 30.3 Å². The summed E-state index contributed by atoms with van der Waals surface area (Å²) in [6.07, 6.45) is -0.889. The third-order valence-electron chi connectivity index (χ3n) is 3.11. The van der Waals surface area contributed by atoms with Gasteiger partial charge in [-0.2, -0.15) is 4.31 Å². The Morgan fingerprint density at radius 3 is 2.29 bits per heavy atom. The summed E-state index contributed by atoms with van der Waals surface area (Å²) in [5.41, 5.74) is 5.79. The SMILES string of the molecule is CC(C)CN(C[C@@H](O)[C@@H](N)[CH2][Al])S(=O)(=O)c1ccccc1. The average molecular weight is 326 g/mol. The third-order valence-corrected chi connectivity index (χ3v) is 5.50. The van der Waals surface area contributed by atoms with E-state index in [-0.39, 0.29) is 17.4 Å². The number of aliphatic hydroxyl groups is 1. The molecule has 21 heavy (non-hydrogen) atoms. The van der Waals surface area contributed by atoms with Crippen LogP contribution in [0.1, 0.15) is 13.8 Å². The van der Waals surface area contributed by atoms with Crippen LogP contribution in [0.5, 0.6) is 0 Å². The lowest BCUT2D eigenvalue weighted by atomic mass is 10.2. The molecule has 1 rings (SSSR count). The number of hydrogen-bond donors (Lipinski definition) is 2. The van der Waals surface area contributed by atoms with Gasteiger partial charge in [0.2, 0.25) is 10.0 Å². The van der Waals surface area contributed by atoms with Crippen LogP contribution in [0.3, 0.4) is 0 Å². The second-order valence-electron chi connectivity index (χ2n) is 5.50. The minimum atomic E-state index is -3.62. The van der Waals surface area contributed by atoms with Crippen LogP contribution in [0.2, 0.25) is 5.28 Å². The Balaban J connectivity index is 3.02. The molecule has 116 valence electrons. The molecule has 0 aliphatic carbocycles. The summed E-state index contributed by atoms with van der Waals surface area (Å²) in [6, 6.07) is 7.80. The Morgan fingerprint density at radius 1 is 1.24 bits per heavy atom. The first-order chi connectivity index (χ1) is 9.78. The lowest BCUT2D eigenvalue weighted by molar-refractivity contribution is 0.122. The second-order valence-corrected chi connectivity index (χ2v) is 7.91. The molecule has 0 aromatic heterocycles. The molecule has 2 atom stereocenters. The molecule has 0 bridgehead atoms. The molecule has 0 amide bonds. The molecule has 0 fully saturated rings. The Labute approximate surface area is 135 Å². The van der Waals surface area contributed by atoms with E-state index in [1.165, 1.54) is 4.31 Å². The number of sulfonamides is 1. The van der Waals surface area contributed by atoms with Crippen LogP contribution >= 0.6 is 0 Å². The zero-order valence-electron chi connectivity index (χ0n) is 12.5. The Kier molecular flexibility index (Phi) is 7.34. The van der Waals surface area contributed by atoms with E-state index in [9.17, 15) is 13.5 Å². The minimum Gasteiger partial charge on any atom is -0.390 e. The van der Waals surface area contributed by atoms with Crippen molar-refractivity contribution in [2.45, 2.75) is 36.2 Å². The van der Waals surface area contributed by atoms with E-state index in [0.29, 0.717) is 11.8 Å². The predicted octanol–water partition coefficient (Wildman–Crippen LogP) is 0.608. The van der Waals surface area contributed by atoms with Gasteiger partial charge in [0.25, 0.3) is 0 Å². The normalized spacial score (nSPS) is 15.3. The Morgan fingerprint density at radius 2 is 1.81 bits per heavy atom. The van der Waals surface area contributed by atoms with Gasteiger partial charge in [-0.15, -0.1) is 5.28 Å². The van der Waals surface area contributed by atoms with E-state index < -0.39 is 22.2 Å². The highest BCUT2D eigenvalue weighted by Gasteiger charge is 2.28. The van der Waals surface area contributed by atoms with Crippen LogP contribution in [0.4, 0.5) is 0 Å². The highest BCUT2D eigenvalue weighted by Crippen LogP contribution is 2.17. The van der Waals surface area contributed by atoms with Crippen molar-refractivity contribution in [2.24, 2.45) is 11.7 Å². The van der Waals surface area contributed by atoms with Gasteiger partial charge in [-0.3, -0.25) is 0 Å². The molecule has 7 heteroatoms. The fraction of sp³-hybridized carbons (Fsp3) is 0.571. The van der Waals surface area contributed by atoms with Crippen molar-refractivity contribution in [1.29, 1.82) is 0 Å². The van der Waals surface area contributed by atoms with Gasteiger partial charge < -0.3 is 10.8 Å². The van der Waals surface area contributed by atoms with Gasteiger partial charge in [-0.1, -0.05) is 32.0 Å². The van der Waals surface area contributed by atoms with Crippen LogP contribution in [0, 0.1) is 5.92 Å². The number of nitrogens with two attached hydrogens (primary N) is 1. The van der Waals surface area contributed by atoms with E-state index in [1.54, 1.807) is 30.3 Å². The van der Waals surface area contributed by atoms with Crippen LogP contribution in [0.15, 0.2) is 35.2 Å². The predicted molar refractivity (Wildman–Crippen MR) is 84.6 cm³/mol. The Hall–Kier alpha value is -0.418. The molecular formula is C14H23AlN2O3S. The van der Waals surface area contributed by atoms with E-state index in [4.69, 9.17) is 5.73 Å². The minimum absolute atomic E-state index is 0.00493. The Bertz CT molecular complexity index is 522. The number of hydrogen-bond acceptors (Lipinski definition) is 4. The number of rotatable bonds is 8. The van der Waals surface area contributed by atoms with Gasteiger partial charge in [0.15, 0.2) is 0 Å². The summed E-state index contributed by atoms with van der Waals surface area (Å²) >= 11 is 2.46. The maximum atomic E-state index is 12.7. The van der Waals surface area contributed by atoms with Crippen molar-refractivity contribution in [1.82, 2.24) is 4.31 Å². The lowest BCUT2D eigenvalue weighted by Crippen LogP contribution is -2.46. The standard InChI is InChI=1S/C14H23N2O3S.Al/c1-11(2)9-16(10-14(17)12(3)15)20(18,19)13-7-5-4-6-8-13;/h4-8,11-12,14,17H,3,9-10,15H2,1-2H3;/t12-,14+;/m0./s1. The molecule has 0 spiro atoms. The van der Waals surface area contributed by atoms with E-state index >= 15 is 0 Å². The van der Waals surface area contributed by atoms with Crippen LogP contribution in [0.25, 0.3) is 0 Å². The van der Waals surface area contributed by atoms with Crippen LogP contribution in [-0.2, 0) is 10.0 Å². The van der Waals surface area contributed by atoms with Gasteiger partial charge in [0.1, 0.15) is 16.3 Å². The maximum absolute atomic E-state index is 12.7. The molecular weight excluding hydrogens is 303 g/mol. The van der Waals surface area contributed by atoms with Gasteiger partial charge in [-0.25, -0.2) is 8.42 Å². The van der Waals surface area contributed by atoms with E-state index in [0.717, 1.165) is 0 Å². The summed E-state index contributed by atoms with van der Waals surface area (Å²) in [4.78, 5) is 0.234. The number of aliphatic hydroxyl groups excluding tert-OH is 1. The fourth-order valence-corrected chi connectivity index (χ4v) is 3.88. The molecule has 5 nitrogen and oxygen atoms in total. The molecule has 0 heterocycles. The molecule has 2 radical (unpaired) electrons. The summed E-state index contributed by atoms with van der Waals surface area (Å²) in [7, 11) is -3.62. The molecule has 1 aromatic carbocycles. The number of benzene rings is 1. The third kappa shape index (κ3) is 5.37. The van der Waals surface area contributed by atoms with Crippen LogP contribution < -0.4 is 5.73 Å². The van der Waals surface area contributed by atoms with Gasteiger partial charge in [0, 0.05) is 19.1 Å². The van der Waals surface area contributed by atoms with Crippen molar-refractivity contribution in [3.63, 3.8) is 0 Å². The fourth-order valence-electron chi connectivity index (χ4n) is 1.92.